The molecular weight excluding hydrogens is 502 g/mol. The normalized spacial score (nSPS) is 21.9. The molecule has 0 radical (unpaired) electrons. The molecule has 5 rings (SSSR count). The standard InChI is InChI=1S/C29H35N3O5S/c1-21-6-7-22(2)32(21)38(33,34)27-11-8-24(9-12-27)31(19-23-5-4-15-30-18-23)25-10-13-28(35-3)29(17-25)37-26-14-16-36-20-26/h4-5,8-13,15,17-18,21-22,26H,6-7,14,16,19-20H2,1-3H3/t21?,22?,26-/m1/s1. The first kappa shape index (κ1) is 26.5. The summed E-state index contributed by atoms with van der Waals surface area (Å²) < 4.78 is 45.8. The van der Waals surface area contributed by atoms with Gasteiger partial charge in [-0.25, -0.2) is 8.42 Å². The predicted molar refractivity (Wildman–Crippen MR) is 147 cm³/mol. The summed E-state index contributed by atoms with van der Waals surface area (Å²) in [5.74, 6) is 1.30. The SMILES string of the molecule is COc1ccc(N(Cc2cccnc2)c2ccc(S(=O)(=O)N3C(C)CCC3C)cc2)cc1O[C@@H]1CCOC1. The molecule has 1 aromatic heterocycles. The zero-order valence-electron chi connectivity index (χ0n) is 22.1. The first-order valence-corrected chi connectivity index (χ1v) is 14.5. The van der Waals surface area contributed by atoms with Gasteiger partial charge in [-0.2, -0.15) is 4.31 Å². The molecule has 0 bridgehead atoms. The van der Waals surface area contributed by atoms with E-state index in [1.165, 1.54) is 0 Å². The van der Waals surface area contributed by atoms with E-state index >= 15 is 0 Å². The summed E-state index contributed by atoms with van der Waals surface area (Å²) in [5.41, 5.74) is 2.77. The Kier molecular flexibility index (Phi) is 7.88. The van der Waals surface area contributed by atoms with E-state index in [9.17, 15) is 8.42 Å². The quantitative estimate of drug-likeness (QED) is 0.373. The van der Waals surface area contributed by atoms with Gasteiger partial charge in [-0.3, -0.25) is 4.98 Å². The molecule has 2 saturated heterocycles. The van der Waals surface area contributed by atoms with Crippen LogP contribution < -0.4 is 14.4 Å². The fourth-order valence-electron chi connectivity index (χ4n) is 5.28. The van der Waals surface area contributed by atoms with Crippen molar-refractivity contribution < 1.29 is 22.6 Å². The molecule has 2 fully saturated rings. The van der Waals surface area contributed by atoms with Crippen molar-refractivity contribution in [3.05, 3.63) is 72.6 Å². The highest BCUT2D eigenvalue weighted by Gasteiger charge is 2.37. The third kappa shape index (κ3) is 5.50. The third-order valence-electron chi connectivity index (χ3n) is 7.30. The van der Waals surface area contributed by atoms with Crippen LogP contribution in [0.3, 0.4) is 0 Å². The summed E-state index contributed by atoms with van der Waals surface area (Å²) in [7, 11) is -1.95. The fourth-order valence-corrected chi connectivity index (χ4v) is 7.16. The first-order chi connectivity index (χ1) is 18.4. The lowest BCUT2D eigenvalue weighted by Crippen LogP contribution is -2.38. The molecule has 2 aliphatic heterocycles. The van der Waals surface area contributed by atoms with Gasteiger partial charge in [0.2, 0.25) is 10.0 Å². The van der Waals surface area contributed by atoms with E-state index in [2.05, 4.69) is 9.88 Å². The number of nitrogens with zero attached hydrogens (tertiary/aromatic N) is 3. The van der Waals surface area contributed by atoms with E-state index < -0.39 is 10.0 Å². The van der Waals surface area contributed by atoms with Crippen molar-refractivity contribution in [1.29, 1.82) is 0 Å². The highest BCUT2D eigenvalue weighted by molar-refractivity contribution is 7.89. The molecule has 2 unspecified atom stereocenters. The van der Waals surface area contributed by atoms with E-state index in [1.54, 1.807) is 29.7 Å². The summed E-state index contributed by atoms with van der Waals surface area (Å²) in [5, 5.41) is 0. The van der Waals surface area contributed by atoms with Gasteiger partial charge in [0.25, 0.3) is 0 Å². The Morgan fingerprint density at radius 1 is 1.00 bits per heavy atom. The summed E-state index contributed by atoms with van der Waals surface area (Å²) in [6.07, 6.45) is 6.15. The van der Waals surface area contributed by atoms with E-state index in [0.29, 0.717) is 36.2 Å². The molecule has 0 spiro atoms. The highest BCUT2D eigenvalue weighted by Crippen LogP contribution is 2.38. The van der Waals surface area contributed by atoms with Crippen LogP contribution in [0.4, 0.5) is 11.4 Å². The third-order valence-corrected chi connectivity index (χ3v) is 9.44. The molecule has 3 heterocycles. The lowest BCUT2D eigenvalue weighted by molar-refractivity contribution is 0.138. The molecule has 0 aliphatic carbocycles. The Bertz CT molecular complexity index is 1320. The molecule has 2 aliphatic rings. The number of hydrogen-bond acceptors (Lipinski definition) is 7. The molecule has 3 aromatic rings. The van der Waals surface area contributed by atoms with Gasteiger partial charge in [0, 0.05) is 54.9 Å². The number of methoxy groups -OCH3 is 1. The van der Waals surface area contributed by atoms with Gasteiger partial charge < -0.3 is 19.1 Å². The molecule has 202 valence electrons. The molecule has 38 heavy (non-hydrogen) atoms. The summed E-state index contributed by atoms with van der Waals surface area (Å²) in [6, 6.07) is 16.9. The highest BCUT2D eigenvalue weighted by atomic mass is 32.2. The average molecular weight is 538 g/mol. The molecule has 9 heteroatoms. The minimum Gasteiger partial charge on any atom is -0.493 e. The molecule has 3 atom stereocenters. The van der Waals surface area contributed by atoms with Crippen LogP contribution in [-0.2, 0) is 21.3 Å². The van der Waals surface area contributed by atoms with Crippen molar-refractivity contribution in [3.63, 3.8) is 0 Å². The van der Waals surface area contributed by atoms with Gasteiger partial charge in [-0.1, -0.05) is 6.07 Å². The van der Waals surface area contributed by atoms with Gasteiger partial charge in [0.15, 0.2) is 11.5 Å². The molecule has 0 amide bonds. The molecule has 2 aromatic carbocycles. The second-order valence-electron chi connectivity index (χ2n) is 9.99. The van der Waals surface area contributed by atoms with E-state index in [-0.39, 0.29) is 18.2 Å². The van der Waals surface area contributed by atoms with Crippen LogP contribution in [0, 0.1) is 0 Å². The number of hydrogen-bond donors (Lipinski definition) is 0. The van der Waals surface area contributed by atoms with Crippen LogP contribution >= 0.6 is 0 Å². The maximum absolute atomic E-state index is 13.4. The largest absolute Gasteiger partial charge is 0.493 e. The van der Waals surface area contributed by atoms with E-state index in [4.69, 9.17) is 14.2 Å². The Morgan fingerprint density at radius 2 is 1.74 bits per heavy atom. The van der Waals surface area contributed by atoms with E-state index in [0.717, 1.165) is 36.2 Å². The van der Waals surface area contributed by atoms with Crippen molar-refractivity contribution in [2.75, 3.05) is 25.2 Å². The zero-order valence-corrected chi connectivity index (χ0v) is 22.9. The molecule has 0 N–H and O–H groups in total. The summed E-state index contributed by atoms with van der Waals surface area (Å²) in [6.45, 7) is 5.73. The van der Waals surface area contributed by atoms with Gasteiger partial charge >= 0.3 is 0 Å². The molecular formula is C29H35N3O5S. The van der Waals surface area contributed by atoms with Crippen LogP contribution in [0.1, 0.15) is 38.7 Å². The van der Waals surface area contributed by atoms with Crippen molar-refractivity contribution in [2.45, 2.75) is 62.7 Å². The summed E-state index contributed by atoms with van der Waals surface area (Å²) >= 11 is 0. The number of benzene rings is 2. The number of ether oxygens (including phenoxy) is 3. The maximum Gasteiger partial charge on any atom is 0.243 e. The first-order valence-electron chi connectivity index (χ1n) is 13.1. The van der Waals surface area contributed by atoms with Gasteiger partial charge in [0.1, 0.15) is 6.10 Å². The van der Waals surface area contributed by atoms with Gasteiger partial charge in [0.05, 0.1) is 25.2 Å². The average Bonchev–Trinajstić information content (AvgIpc) is 3.57. The van der Waals surface area contributed by atoms with Crippen LogP contribution in [0.15, 0.2) is 71.9 Å². The van der Waals surface area contributed by atoms with Crippen LogP contribution in [0.2, 0.25) is 0 Å². The number of rotatable bonds is 9. The predicted octanol–water partition coefficient (Wildman–Crippen LogP) is 5.16. The Balaban J connectivity index is 1.49. The van der Waals surface area contributed by atoms with Gasteiger partial charge in [-0.15, -0.1) is 0 Å². The van der Waals surface area contributed by atoms with Crippen LogP contribution in [0.25, 0.3) is 0 Å². The summed E-state index contributed by atoms with van der Waals surface area (Å²) in [4.78, 5) is 6.70. The van der Waals surface area contributed by atoms with Crippen molar-refractivity contribution >= 4 is 21.4 Å². The molecule has 0 saturated carbocycles. The number of aromatic nitrogens is 1. The second kappa shape index (κ2) is 11.3. The van der Waals surface area contributed by atoms with Crippen molar-refractivity contribution in [2.24, 2.45) is 0 Å². The van der Waals surface area contributed by atoms with Crippen LogP contribution in [0.5, 0.6) is 11.5 Å². The maximum atomic E-state index is 13.4. The van der Waals surface area contributed by atoms with Crippen molar-refractivity contribution in [1.82, 2.24) is 9.29 Å². The number of pyridine rings is 1. The number of anilines is 2. The van der Waals surface area contributed by atoms with Crippen molar-refractivity contribution in [3.8, 4) is 11.5 Å². The lowest BCUT2D eigenvalue weighted by atomic mass is 10.1. The Hall–Kier alpha value is -3.14. The second-order valence-corrected chi connectivity index (χ2v) is 11.8. The fraction of sp³-hybridized carbons (Fsp3) is 0.414. The molecule has 8 nitrogen and oxygen atoms in total. The van der Waals surface area contributed by atoms with Gasteiger partial charge in [-0.05, 0) is 74.7 Å². The topological polar surface area (TPSA) is 81.2 Å². The zero-order chi connectivity index (χ0) is 26.7. The monoisotopic (exact) mass is 537 g/mol. The lowest BCUT2D eigenvalue weighted by Gasteiger charge is -2.28. The minimum absolute atomic E-state index is 0.000238. The smallest absolute Gasteiger partial charge is 0.243 e. The Labute approximate surface area is 225 Å². The number of sulfonamides is 1. The van der Waals surface area contributed by atoms with Crippen LogP contribution in [-0.4, -0.2) is 56.2 Å². The Morgan fingerprint density at radius 3 is 2.37 bits per heavy atom. The van der Waals surface area contributed by atoms with E-state index in [1.807, 2.05) is 62.5 Å². The minimum atomic E-state index is -3.58.